The van der Waals surface area contributed by atoms with Crippen molar-refractivity contribution in [2.24, 2.45) is 0 Å². The molecule has 2 rings (SSSR count). The molecule has 2 aromatic carbocycles. The molecule has 0 saturated heterocycles. The van der Waals surface area contributed by atoms with Gasteiger partial charge in [0.05, 0.1) is 0 Å². The fourth-order valence-electron chi connectivity index (χ4n) is 1.80. The Morgan fingerprint density at radius 3 is 2.20 bits per heavy atom. The molecule has 0 aliphatic carbocycles. The van der Waals surface area contributed by atoms with Gasteiger partial charge in [-0.1, -0.05) is 55.5 Å². The predicted octanol–water partition coefficient (Wildman–Crippen LogP) is 3.76. The summed E-state index contributed by atoms with van der Waals surface area (Å²) < 4.78 is 11.1. The molecule has 104 valence electrons. The van der Waals surface area contributed by atoms with Gasteiger partial charge in [-0.3, -0.25) is 4.79 Å². The molecule has 0 saturated carbocycles. The van der Waals surface area contributed by atoms with Crippen LogP contribution in [0.25, 0.3) is 0 Å². The summed E-state index contributed by atoms with van der Waals surface area (Å²) in [5.74, 6) is 0.538. The van der Waals surface area contributed by atoms with Crippen molar-refractivity contribution >= 4 is 5.97 Å². The van der Waals surface area contributed by atoms with Gasteiger partial charge >= 0.3 is 5.97 Å². The lowest BCUT2D eigenvalue weighted by molar-refractivity contribution is -0.145. The molecular weight excluding hydrogens is 252 g/mol. The first kappa shape index (κ1) is 14.1. The van der Waals surface area contributed by atoms with Gasteiger partial charge in [0, 0.05) is 6.42 Å². The fourth-order valence-corrected chi connectivity index (χ4v) is 1.80. The van der Waals surface area contributed by atoms with Gasteiger partial charge in [-0.05, 0) is 17.7 Å². The van der Waals surface area contributed by atoms with Crippen LogP contribution in [0.5, 0.6) is 5.75 Å². The summed E-state index contributed by atoms with van der Waals surface area (Å²) >= 11 is 0. The van der Waals surface area contributed by atoms with Crippen LogP contribution in [0.15, 0.2) is 60.7 Å². The van der Waals surface area contributed by atoms with Crippen LogP contribution in [-0.2, 0) is 9.53 Å². The molecule has 0 heterocycles. The van der Waals surface area contributed by atoms with Crippen LogP contribution in [0.1, 0.15) is 25.0 Å². The van der Waals surface area contributed by atoms with Gasteiger partial charge in [0.2, 0.25) is 0 Å². The Hall–Kier alpha value is -2.29. The number of para-hydroxylation sites is 1. The van der Waals surface area contributed by atoms with Gasteiger partial charge in [-0.15, -0.1) is 0 Å². The number of ether oxygens (including phenoxy) is 2. The summed E-state index contributed by atoms with van der Waals surface area (Å²) in [7, 11) is 0. The van der Waals surface area contributed by atoms with Gasteiger partial charge in [-0.25, -0.2) is 0 Å². The van der Waals surface area contributed by atoms with Gasteiger partial charge in [0.1, 0.15) is 12.4 Å². The molecule has 0 aromatic heterocycles. The lowest BCUT2D eigenvalue weighted by atomic mass is 10.1. The summed E-state index contributed by atoms with van der Waals surface area (Å²) in [6.45, 7) is 1.99. The highest BCUT2D eigenvalue weighted by Gasteiger charge is 2.15. The van der Waals surface area contributed by atoms with Gasteiger partial charge in [0.25, 0.3) is 0 Å². The van der Waals surface area contributed by atoms with E-state index >= 15 is 0 Å². The van der Waals surface area contributed by atoms with E-state index in [1.165, 1.54) is 0 Å². The molecular formula is C17H18O3. The molecule has 0 spiro atoms. The van der Waals surface area contributed by atoms with Crippen molar-refractivity contribution in [3.8, 4) is 5.75 Å². The number of esters is 1. The molecule has 3 heteroatoms. The lowest BCUT2D eigenvalue weighted by Crippen LogP contribution is -2.17. The van der Waals surface area contributed by atoms with E-state index < -0.39 is 0 Å². The van der Waals surface area contributed by atoms with Crippen molar-refractivity contribution in [2.45, 2.75) is 19.4 Å². The number of rotatable bonds is 6. The minimum absolute atomic E-state index is 0.214. The summed E-state index contributed by atoms with van der Waals surface area (Å²) in [6, 6.07) is 19.3. The molecule has 0 amide bonds. The number of carbonyl (C=O) groups excluding carboxylic acids is 1. The second-order valence-electron chi connectivity index (χ2n) is 4.37. The molecule has 0 N–H and O–H groups in total. The van der Waals surface area contributed by atoms with Crippen LogP contribution in [0.3, 0.4) is 0 Å². The summed E-state index contributed by atoms with van der Waals surface area (Å²) in [6.07, 6.45) is 0.0708. The number of benzene rings is 2. The molecule has 2 aromatic rings. The Morgan fingerprint density at radius 2 is 1.60 bits per heavy atom. The van der Waals surface area contributed by atoms with Crippen molar-refractivity contribution < 1.29 is 14.3 Å². The Kier molecular flexibility index (Phi) is 5.18. The number of hydrogen-bond acceptors (Lipinski definition) is 3. The van der Waals surface area contributed by atoms with Crippen molar-refractivity contribution in [1.82, 2.24) is 0 Å². The van der Waals surface area contributed by atoms with Gasteiger partial charge in [-0.2, -0.15) is 0 Å². The minimum atomic E-state index is -0.297. The molecule has 0 aliphatic rings. The van der Waals surface area contributed by atoms with Gasteiger partial charge < -0.3 is 9.47 Å². The molecule has 0 radical (unpaired) electrons. The predicted molar refractivity (Wildman–Crippen MR) is 77.5 cm³/mol. The van der Waals surface area contributed by atoms with Crippen molar-refractivity contribution in [2.75, 3.05) is 6.61 Å². The summed E-state index contributed by atoms with van der Waals surface area (Å²) in [5.41, 5.74) is 0.986. The Morgan fingerprint density at radius 1 is 1.00 bits per heavy atom. The van der Waals surface area contributed by atoms with Crippen LogP contribution in [0, 0.1) is 0 Å². The first-order chi connectivity index (χ1) is 9.79. The lowest BCUT2D eigenvalue weighted by Gasteiger charge is -2.19. The Labute approximate surface area is 119 Å². The Balaban J connectivity index is 2.10. The van der Waals surface area contributed by atoms with E-state index in [0.717, 1.165) is 11.3 Å². The van der Waals surface area contributed by atoms with Crippen LogP contribution in [0.2, 0.25) is 0 Å². The highest BCUT2D eigenvalue weighted by molar-refractivity contribution is 5.68. The third-order valence-electron chi connectivity index (χ3n) is 2.88. The third kappa shape index (κ3) is 4.12. The average molecular weight is 270 g/mol. The SMILES string of the molecule is CCC(=O)OCC(Oc1ccccc1)c1ccccc1. The molecule has 20 heavy (non-hydrogen) atoms. The minimum Gasteiger partial charge on any atom is -0.482 e. The van der Waals surface area contributed by atoms with E-state index in [4.69, 9.17) is 9.47 Å². The van der Waals surface area contributed by atoms with E-state index in [-0.39, 0.29) is 18.7 Å². The fraction of sp³-hybridized carbons (Fsp3) is 0.235. The van der Waals surface area contributed by atoms with Crippen LogP contribution >= 0.6 is 0 Å². The summed E-state index contributed by atoms with van der Waals surface area (Å²) in [5, 5.41) is 0. The van der Waals surface area contributed by atoms with E-state index in [1.54, 1.807) is 6.92 Å². The van der Waals surface area contributed by atoms with Crippen molar-refractivity contribution in [1.29, 1.82) is 0 Å². The topological polar surface area (TPSA) is 35.5 Å². The number of hydrogen-bond donors (Lipinski definition) is 0. The second-order valence-corrected chi connectivity index (χ2v) is 4.37. The Bertz CT molecular complexity index is 522. The highest BCUT2D eigenvalue weighted by Crippen LogP contribution is 2.22. The maximum Gasteiger partial charge on any atom is 0.305 e. The molecule has 3 nitrogen and oxygen atoms in total. The zero-order valence-electron chi connectivity index (χ0n) is 11.5. The first-order valence-electron chi connectivity index (χ1n) is 6.72. The normalized spacial score (nSPS) is 11.7. The van der Waals surface area contributed by atoms with E-state index in [2.05, 4.69) is 0 Å². The zero-order chi connectivity index (χ0) is 14.2. The third-order valence-corrected chi connectivity index (χ3v) is 2.88. The standard InChI is InChI=1S/C17H18O3/c1-2-17(18)19-13-16(14-9-5-3-6-10-14)20-15-11-7-4-8-12-15/h3-12,16H,2,13H2,1H3. The molecule has 1 unspecified atom stereocenters. The quantitative estimate of drug-likeness (QED) is 0.750. The first-order valence-corrected chi connectivity index (χ1v) is 6.72. The number of carbonyl (C=O) groups is 1. The monoisotopic (exact) mass is 270 g/mol. The molecule has 1 atom stereocenters. The van der Waals surface area contributed by atoms with Crippen LogP contribution in [-0.4, -0.2) is 12.6 Å². The summed E-state index contributed by atoms with van der Waals surface area (Å²) in [4.78, 5) is 11.3. The van der Waals surface area contributed by atoms with Crippen molar-refractivity contribution in [3.63, 3.8) is 0 Å². The smallest absolute Gasteiger partial charge is 0.305 e. The molecule has 0 fully saturated rings. The van der Waals surface area contributed by atoms with Gasteiger partial charge in [0.15, 0.2) is 6.10 Å². The van der Waals surface area contributed by atoms with E-state index in [1.807, 2.05) is 60.7 Å². The maximum atomic E-state index is 11.3. The second kappa shape index (κ2) is 7.34. The van der Waals surface area contributed by atoms with Crippen LogP contribution in [0.4, 0.5) is 0 Å². The van der Waals surface area contributed by atoms with E-state index in [0.29, 0.717) is 6.42 Å². The average Bonchev–Trinajstić information content (AvgIpc) is 2.53. The van der Waals surface area contributed by atoms with Crippen LogP contribution < -0.4 is 4.74 Å². The highest BCUT2D eigenvalue weighted by atomic mass is 16.6. The molecule has 0 aliphatic heterocycles. The largest absolute Gasteiger partial charge is 0.482 e. The van der Waals surface area contributed by atoms with E-state index in [9.17, 15) is 4.79 Å². The van der Waals surface area contributed by atoms with Crippen molar-refractivity contribution in [3.05, 3.63) is 66.2 Å². The zero-order valence-corrected chi connectivity index (χ0v) is 11.5. The molecule has 0 bridgehead atoms. The maximum absolute atomic E-state index is 11.3.